The van der Waals surface area contributed by atoms with E-state index in [0.29, 0.717) is 6.54 Å². The van der Waals surface area contributed by atoms with Gasteiger partial charge in [-0.1, -0.05) is 12.1 Å². The zero-order valence-corrected chi connectivity index (χ0v) is 19.3. The van der Waals surface area contributed by atoms with Gasteiger partial charge in [0.1, 0.15) is 5.75 Å². The minimum absolute atomic E-state index is 0.287. The van der Waals surface area contributed by atoms with E-state index in [0.717, 1.165) is 55.9 Å². The summed E-state index contributed by atoms with van der Waals surface area (Å²) in [5.74, 6) is 0.731. The van der Waals surface area contributed by atoms with Gasteiger partial charge in [0.2, 0.25) is 10.0 Å². The van der Waals surface area contributed by atoms with Crippen molar-refractivity contribution >= 4 is 15.7 Å². The van der Waals surface area contributed by atoms with E-state index in [1.54, 1.807) is 19.2 Å². The van der Waals surface area contributed by atoms with Crippen molar-refractivity contribution in [1.82, 2.24) is 9.62 Å². The molecule has 0 unspecified atom stereocenters. The van der Waals surface area contributed by atoms with Crippen LogP contribution in [0.25, 0.3) is 0 Å². The summed E-state index contributed by atoms with van der Waals surface area (Å²) in [7, 11) is 0.228. The Hall–Kier alpha value is -2.09. The number of aryl methyl sites for hydroxylation is 3. The van der Waals surface area contributed by atoms with Crippen LogP contribution >= 0.6 is 0 Å². The molecule has 0 bridgehead atoms. The maximum atomic E-state index is 12.6. The second kappa shape index (κ2) is 9.81. The molecule has 1 fully saturated rings. The third kappa shape index (κ3) is 5.53. The van der Waals surface area contributed by atoms with Crippen molar-refractivity contribution in [2.75, 3.05) is 51.8 Å². The molecule has 30 heavy (non-hydrogen) atoms. The topological polar surface area (TPSA) is 61.9 Å². The van der Waals surface area contributed by atoms with Crippen LogP contribution in [0.5, 0.6) is 5.75 Å². The van der Waals surface area contributed by atoms with Gasteiger partial charge >= 0.3 is 0 Å². The molecule has 0 spiro atoms. The summed E-state index contributed by atoms with van der Waals surface area (Å²) in [6.07, 6.45) is 1.59. The summed E-state index contributed by atoms with van der Waals surface area (Å²) in [4.78, 5) is 5.05. The monoisotopic (exact) mass is 431 g/mol. The maximum absolute atomic E-state index is 12.6. The quantitative estimate of drug-likeness (QED) is 0.651. The molecule has 0 saturated carbocycles. The summed E-state index contributed by atoms with van der Waals surface area (Å²) >= 11 is 0. The van der Waals surface area contributed by atoms with Crippen LogP contribution in [0.4, 0.5) is 5.69 Å². The molecule has 1 heterocycles. The molecule has 1 saturated heterocycles. The minimum Gasteiger partial charge on any atom is -0.496 e. The Morgan fingerprint density at radius 2 is 1.60 bits per heavy atom. The Morgan fingerprint density at radius 1 is 1.00 bits per heavy atom. The Bertz CT molecular complexity index is 927. The van der Waals surface area contributed by atoms with Crippen molar-refractivity contribution in [3.8, 4) is 5.75 Å². The zero-order valence-electron chi connectivity index (χ0n) is 18.4. The van der Waals surface area contributed by atoms with Gasteiger partial charge in [0.15, 0.2) is 0 Å². The summed E-state index contributed by atoms with van der Waals surface area (Å²) < 4.78 is 33.3. The zero-order chi connectivity index (χ0) is 21.7. The molecule has 0 radical (unpaired) electrons. The fourth-order valence-corrected chi connectivity index (χ4v) is 5.15. The van der Waals surface area contributed by atoms with Gasteiger partial charge in [-0.15, -0.1) is 0 Å². The van der Waals surface area contributed by atoms with Gasteiger partial charge in [-0.25, -0.2) is 13.1 Å². The van der Waals surface area contributed by atoms with E-state index in [9.17, 15) is 8.42 Å². The molecule has 2 aromatic rings. The molecule has 1 aliphatic rings. The molecule has 7 heteroatoms. The second-order valence-electron chi connectivity index (χ2n) is 8.05. The number of ether oxygens (including phenoxy) is 1. The molecule has 2 aromatic carbocycles. The van der Waals surface area contributed by atoms with Crippen LogP contribution in [0.2, 0.25) is 0 Å². The number of sulfonamides is 1. The van der Waals surface area contributed by atoms with Crippen LogP contribution in [0, 0.1) is 13.8 Å². The third-order valence-electron chi connectivity index (χ3n) is 5.69. The van der Waals surface area contributed by atoms with Crippen LogP contribution in [0.1, 0.15) is 23.1 Å². The summed E-state index contributed by atoms with van der Waals surface area (Å²) in [5.41, 5.74) is 4.12. The Balaban J connectivity index is 1.51. The number of nitrogens with zero attached hydrogens (tertiary/aromatic N) is 2. The van der Waals surface area contributed by atoms with Crippen molar-refractivity contribution < 1.29 is 13.2 Å². The number of anilines is 1. The molecule has 0 amide bonds. The molecule has 0 aromatic heterocycles. The number of methoxy groups -OCH3 is 1. The summed E-state index contributed by atoms with van der Waals surface area (Å²) in [6, 6.07) is 12.0. The average Bonchev–Trinajstić information content (AvgIpc) is 2.72. The van der Waals surface area contributed by atoms with Crippen LogP contribution in [0.3, 0.4) is 0 Å². The minimum atomic E-state index is -3.53. The molecule has 0 atom stereocenters. The number of nitrogens with one attached hydrogen (secondary N) is 1. The van der Waals surface area contributed by atoms with Crippen LogP contribution in [0.15, 0.2) is 41.3 Å². The SMILES string of the molecule is COc1c(C)cc(S(=O)(=O)NCCCc2ccc(N3CCN(C)CC3)cc2)cc1C. The highest BCUT2D eigenvalue weighted by atomic mass is 32.2. The number of likely N-dealkylation sites (N-methyl/N-ethyl adjacent to an activating group) is 1. The fourth-order valence-electron chi connectivity index (χ4n) is 3.91. The lowest BCUT2D eigenvalue weighted by molar-refractivity contribution is 0.313. The number of hydrogen-bond donors (Lipinski definition) is 1. The molecule has 3 rings (SSSR count). The van der Waals surface area contributed by atoms with E-state index >= 15 is 0 Å². The van der Waals surface area contributed by atoms with Crippen molar-refractivity contribution in [3.05, 3.63) is 53.1 Å². The number of rotatable bonds is 8. The van der Waals surface area contributed by atoms with Crippen molar-refractivity contribution in [1.29, 1.82) is 0 Å². The van der Waals surface area contributed by atoms with Crippen LogP contribution in [-0.4, -0.2) is 60.2 Å². The van der Waals surface area contributed by atoms with Crippen molar-refractivity contribution in [2.45, 2.75) is 31.6 Å². The first-order valence-corrected chi connectivity index (χ1v) is 12.0. The number of benzene rings is 2. The predicted octanol–water partition coefficient (Wildman–Crippen LogP) is 2.97. The van der Waals surface area contributed by atoms with Gasteiger partial charge in [-0.05, 0) is 74.7 Å². The van der Waals surface area contributed by atoms with Crippen LogP contribution in [-0.2, 0) is 16.4 Å². The lowest BCUT2D eigenvalue weighted by atomic mass is 10.1. The van der Waals surface area contributed by atoms with Gasteiger partial charge in [0, 0.05) is 38.4 Å². The average molecular weight is 432 g/mol. The van der Waals surface area contributed by atoms with E-state index < -0.39 is 10.0 Å². The Kier molecular flexibility index (Phi) is 7.39. The molecular weight excluding hydrogens is 398 g/mol. The highest BCUT2D eigenvalue weighted by Crippen LogP contribution is 2.26. The van der Waals surface area contributed by atoms with Gasteiger partial charge in [-0.3, -0.25) is 0 Å². The number of piperazine rings is 1. The molecule has 1 aliphatic heterocycles. The van der Waals surface area contributed by atoms with E-state index in [4.69, 9.17) is 4.74 Å². The first-order chi connectivity index (χ1) is 14.3. The molecule has 164 valence electrons. The van der Waals surface area contributed by atoms with E-state index in [1.807, 2.05) is 13.8 Å². The standard InChI is InChI=1S/C23H33N3O3S/c1-18-16-22(17-19(2)23(18)29-4)30(27,28)24-11-5-6-20-7-9-21(10-8-20)26-14-12-25(3)13-15-26/h7-10,16-17,24H,5-6,11-15H2,1-4H3. The first-order valence-electron chi connectivity index (χ1n) is 10.5. The van der Waals surface area contributed by atoms with Gasteiger partial charge in [-0.2, -0.15) is 0 Å². The Morgan fingerprint density at radius 3 is 2.17 bits per heavy atom. The van der Waals surface area contributed by atoms with E-state index in [-0.39, 0.29) is 4.90 Å². The molecule has 6 nitrogen and oxygen atoms in total. The largest absolute Gasteiger partial charge is 0.496 e. The molecule has 1 N–H and O–H groups in total. The van der Waals surface area contributed by atoms with Gasteiger partial charge in [0.05, 0.1) is 12.0 Å². The Labute approximate surface area is 180 Å². The first kappa shape index (κ1) is 22.6. The lowest BCUT2D eigenvalue weighted by Gasteiger charge is -2.34. The summed E-state index contributed by atoms with van der Waals surface area (Å²) in [5, 5.41) is 0. The van der Waals surface area contributed by atoms with Gasteiger partial charge < -0.3 is 14.5 Å². The van der Waals surface area contributed by atoms with Gasteiger partial charge in [0.25, 0.3) is 0 Å². The highest BCUT2D eigenvalue weighted by Gasteiger charge is 2.17. The lowest BCUT2D eigenvalue weighted by Crippen LogP contribution is -2.44. The maximum Gasteiger partial charge on any atom is 0.240 e. The molecule has 0 aliphatic carbocycles. The predicted molar refractivity (Wildman–Crippen MR) is 122 cm³/mol. The smallest absolute Gasteiger partial charge is 0.240 e. The second-order valence-corrected chi connectivity index (χ2v) is 9.82. The molecular formula is C23H33N3O3S. The summed E-state index contributed by atoms with van der Waals surface area (Å²) in [6.45, 7) is 8.42. The van der Waals surface area contributed by atoms with E-state index in [2.05, 4.69) is 45.8 Å². The normalized spacial score (nSPS) is 15.4. The van der Waals surface area contributed by atoms with Crippen molar-refractivity contribution in [3.63, 3.8) is 0 Å². The third-order valence-corrected chi connectivity index (χ3v) is 7.13. The fraction of sp³-hybridized carbons (Fsp3) is 0.478. The van der Waals surface area contributed by atoms with Crippen LogP contribution < -0.4 is 14.4 Å². The highest BCUT2D eigenvalue weighted by molar-refractivity contribution is 7.89. The van der Waals surface area contributed by atoms with E-state index in [1.165, 1.54) is 11.3 Å². The number of hydrogen-bond acceptors (Lipinski definition) is 5. The van der Waals surface area contributed by atoms with Crippen molar-refractivity contribution in [2.24, 2.45) is 0 Å².